The van der Waals surface area contributed by atoms with Gasteiger partial charge < -0.3 is 5.73 Å². The zero-order chi connectivity index (χ0) is 13.3. The summed E-state index contributed by atoms with van der Waals surface area (Å²) in [5, 5.41) is 0. The Morgan fingerprint density at radius 1 is 1.11 bits per heavy atom. The van der Waals surface area contributed by atoms with Gasteiger partial charge in [0.1, 0.15) is 5.82 Å². The molecule has 1 atom stereocenters. The van der Waals surface area contributed by atoms with Crippen molar-refractivity contribution in [3.63, 3.8) is 0 Å². The van der Waals surface area contributed by atoms with Gasteiger partial charge in [0.05, 0.1) is 6.04 Å². The Hall–Kier alpha value is -1.19. The fraction of sp³-hybridized carbons (Fsp3) is 0.200. The molecule has 18 heavy (non-hydrogen) atoms. The number of hydrogen-bond acceptors (Lipinski definition) is 1. The van der Waals surface area contributed by atoms with E-state index in [0.717, 1.165) is 21.2 Å². The molecule has 0 aromatic heterocycles. The minimum atomic E-state index is -0.324. The van der Waals surface area contributed by atoms with Gasteiger partial charge in [0.2, 0.25) is 0 Å². The zero-order valence-electron chi connectivity index (χ0n) is 10.4. The molecule has 0 spiro atoms. The molecule has 0 amide bonds. The lowest BCUT2D eigenvalue weighted by atomic mass is 9.93. The lowest BCUT2D eigenvalue weighted by Crippen LogP contribution is -2.14. The Morgan fingerprint density at radius 2 is 1.83 bits per heavy atom. The van der Waals surface area contributed by atoms with Crippen molar-refractivity contribution in [3.05, 3.63) is 68.9 Å². The highest BCUT2D eigenvalue weighted by Gasteiger charge is 2.15. The first kappa shape index (κ1) is 13.2. The highest BCUT2D eigenvalue weighted by Crippen LogP contribution is 2.30. The van der Waals surface area contributed by atoms with Gasteiger partial charge in [-0.25, -0.2) is 4.39 Å². The van der Waals surface area contributed by atoms with Gasteiger partial charge in [-0.2, -0.15) is 0 Å². The maximum absolute atomic E-state index is 13.3. The standard InChI is InChI=1S/C15H15BrFN/c1-9-4-3-5-12(10(9)2)15(18)13-8-11(17)6-7-14(13)16/h3-8,15H,18H2,1-2H3. The third kappa shape index (κ3) is 2.47. The van der Waals surface area contributed by atoms with Crippen LogP contribution in [0.1, 0.15) is 28.3 Å². The van der Waals surface area contributed by atoms with Crippen LogP contribution < -0.4 is 5.73 Å². The van der Waals surface area contributed by atoms with E-state index in [1.807, 2.05) is 32.0 Å². The van der Waals surface area contributed by atoms with Crippen LogP contribution in [0.5, 0.6) is 0 Å². The normalized spacial score (nSPS) is 12.5. The van der Waals surface area contributed by atoms with E-state index in [9.17, 15) is 4.39 Å². The molecule has 3 heteroatoms. The van der Waals surface area contributed by atoms with Crippen LogP contribution in [0.25, 0.3) is 0 Å². The van der Waals surface area contributed by atoms with Crippen LogP contribution in [0.4, 0.5) is 4.39 Å². The maximum atomic E-state index is 13.3. The fourth-order valence-electron chi connectivity index (χ4n) is 2.03. The van der Waals surface area contributed by atoms with Crippen molar-refractivity contribution < 1.29 is 4.39 Å². The monoisotopic (exact) mass is 307 g/mol. The second kappa shape index (κ2) is 5.21. The first-order valence-corrected chi connectivity index (χ1v) is 6.56. The van der Waals surface area contributed by atoms with Crippen molar-refractivity contribution in [1.82, 2.24) is 0 Å². The van der Waals surface area contributed by atoms with Crippen molar-refractivity contribution in [2.24, 2.45) is 5.73 Å². The Balaban J connectivity index is 2.51. The van der Waals surface area contributed by atoms with E-state index >= 15 is 0 Å². The first-order valence-electron chi connectivity index (χ1n) is 5.77. The van der Waals surface area contributed by atoms with Crippen molar-refractivity contribution in [2.45, 2.75) is 19.9 Å². The van der Waals surface area contributed by atoms with Gasteiger partial charge in [-0.3, -0.25) is 0 Å². The number of benzene rings is 2. The van der Waals surface area contributed by atoms with E-state index in [2.05, 4.69) is 15.9 Å². The molecule has 0 bridgehead atoms. The SMILES string of the molecule is Cc1cccc(C(N)c2cc(F)ccc2Br)c1C. The molecular weight excluding hydrogens is 293 g/mol. The molecule has 1 unspecified atom stereocenters. The van der Waals surface area contributed by atoms with E-state index in [1.165, 1.54) is 17.7 Å². The molecule has 0 aliphatic heterocycles. The number of hydrogen-bond donors (Lipinski definition) is 1. The first-order chi connectivity index (χ1) is 8.50. The molecule has 0 fully saturated rings. The van der Waals surface area contributed by atoms with Crippen LogP contribution in [0.2, 0.25) is 0 Å². The van der Waals surface area contributed by atoms with Gasteiger partial charge in [0.15, 0.2) is 0 Å². The molecule has 0 saturated carbocycles. The quantitative estimate of drug-likeness (QED) is 0.881. The minimum absolute atomic E-state index is 0.269. The summed E-state index contributed by atoms with van der Waals surface area (Å²) in [6.07, 6.45) is 0. The molecule has 2 rings (SSSR count). The largest absolute Gasteiger partial charge is 0.320 e. The number of rotatable bonds is 2. The molecule has 2 aromatic carbocycles. The summed E-state index contributed by atoms with van der Waals surface area (Å²) in [7, 11) is 0. The summed E-state index contributed by atoms with van der Waals surface area (Å²) in [4.78, 5) is 0. The number of halogens is 2. The Morgan fingerprint density at radius 3 is 2.56 bits per heavy atom. The second-order valence-corrected chi connectivity index (χ2v) is 5.29. The number of nitrogens with two attached hydrogens (primary N) is 1. The van der Waals surface area contributed by atoms with Crippen molar-refractivity contribution in [2.75, 3.05) is 0 Å². The van der Waals surface area contributed by atoms with Gasteiger partial charge in [-0.1, -0.05) is 34.1 Å². The number of aryl methyl sites for hydroxylation is 1. The highest BCUT2D eigenvalue weighted by atomic mass is 79.9. The molecule has 0 radical (unpaired) electrons. The molecule has 1 nitrogen and oxygen atoms in total. The van der Waals surface area contributed by atoms with E-state index in [0.29, 0.717) is 0 Å². The summed E-state index contributed by atoms with van der Waals surface area (Å²) in [5.41, 5.74) is 10.4. The van der Waals surface area contributed by atoms with Crippen LogP contribution in [0.15, 0.2) is 40.9 Å². The zero-order valence-corrected chi connectivity index (χ0v) is 12.0. The maximum Gasteiger partial charge on any atom is 0.123 e. The topological polar surface area (TPSA) is 26.0 Å². The van der Waals surface area contributed by atoms with Gasteiger partial charge in [-0.05, 0) is 54.3 Å². The predicted molar refractivity (Wildman–Crippen MR) is 76.0 cm³/mol. The minimum Gasteiger partial charge on any atom is -0.320 e. The average molecular weight is 308 g/mol. The molecule has 2 N–H and O–H groups in total. The molecule has 94 valence electrons. The smallest absolute Gasteiger partial charge is 0.123 e. The molecule has 0 aliphatic rings. The van der Waals surface area contributed by atoms with Crippen LogP contribution >= 0.6 is 15.9 Å². The Labute approximate surface area is 115 Å². The van der Waals surface area contributed by atoms with Crippen molar-refractivity contribution >= 4 is 15.9 Å². The van der Waals surface area contributed by atoms with E-state index in [4.69, 9.17) is 5.73 Å². The van der Waals surface area contributed by atoms with Crippen molar-refractivity contribution in [3.8, 4) is 0 Å². The lowest BCUT2D eigenvalue weighted by Gasteiger charge is -2.18. The Bertz CT molecular complexity index is 579. The van der Waals surface area contributed by atoms with E-state index in [-0.39, 0.29) is 11.9 Å². The van der Waals surface area contributed by atoms with Crippen LogP contribution in [0.3, 0.4) is 0 Å². The predicted octanol–water partition coefficient (Wildman–Crippen LogP) is 4.25. The molecule has 0 saturated heterocycles. The lowest BCUT2D eigenvalue weighted by molar-refractivity contribution is 0.623. The van der Waals surface area contributed by atoms with Crippen LogP contribution in [-0.2, 0) is 0 Å². The van der Waals surface area contributed by atoms with Gasteiger partial charge >= 0.3 is 0 Å². The van der Waals surface area contributed by atoms with Gasteiger partial charge in [-0.15, -0.1) is 0 Å². The van der Waals surface area contributed by atoms with E-state index in [1.54, 1.807) is 6.07 Å². The van der Waals surface area contributed by atoms with Crippen molar-refractivity contribution in [1.29, 1.82) is 0 Å². The van der Waals surface area contributed by atoms with Gasteiger partial charge in [0.25, 0.3) is 0 Å². The molecule has 2 aromatic rings. The highest BCUT2D eigenvalue weighted by molar-refractivity contribution is 9.10. The summed E-state index contributed by atoms with van der Waals surface area (Å²) in [6, 6.07) is 10.3. The molecule has 0 heterocycles. The summed E-state index contributed by atoms with van der Waals surface area (Å²) in [5.74, 6) is -0.269. The summed E-state index contributed by atoms with van der Waals surface area (Å²) < 4.78 is 14.2. The third-order valence-corrected chi connectivity index (χ3v) is 4.00. The molecule has 0 aliphatic carbocycles. The van der Waals surface area contributed by atoms with E-state index < -0.39 is 0 Å². The van der Waals surface area contributed by atoms with Gasteiger partial charge in [0, 0.05) is 4.47 Å². The van der Waals surface area contributed by atoms with Crippen LogP contribution in [0, 0.1) is 19.7 Å². The molecular formula is C15H15BrFN. The van der Waals surface area contributed by atoms with Crippen LogP contribution in [-0.4, -0.2) is 0 Å². The third-order valence-electron chi connectivity index (χ3n) is 3.27. The average Bonchev–Trinajstić information content (AvgIpc) is 2.35. The fourth-order valence-corrected chi connectivity index (χ4v) is 2.52. The summed E-state index contributed by atoms with van der Waals surface area (Å²) >= 11 is 3.42. The second-order valence-electron chi connectivity index (χ2n) is 4.43. The summed E-state index contributed by atoms with van der Waals surface area (Å²) in [6.45, 7) is 4.09. The Kier molecular flexibility index (Phi) is 3.83.